The minimum atomic E-state index is -0.606. The third kappa shape index (κ3) is 3.47. The Morgan fingerprint density at radius 2 is 1.89 bits per heavy atom. The van der Waals surface area contributed by atoms with E-state index < -0.39 is 11.7 Å². The van der Waals surface area contributed by atoms with Gasteiger partial charge in [-0.3, -0.25) is 4.79 Å². The molecule has 6 heteroatoms. The van der Waals surface area contributed by atoms with E-state index in [1.54, 1.807) is 12.1 Å². The molecule has 0 unspecified atom stereocenters. The van der Waals surface area contributed by atoms with E-state index >= 15 is 0 Å². The molecule has 0 aromatic heterocycles. The van der Waals surface area contributed by atoms with Crippen LogP contribution in [0.1, 0.15) is 10.4 Å². The molecular weight excluding hydrogens is 356 g/mol. The van der Waals surface area contributed by atoms with Gasteiger partial charge in [-0.25, -0.2) is 4.39 Å². The second kappa shape index (κ2) is 5.90. The molecule has 0 atom stereocenters. The molecule has 0 saturated heterocycles. The zero-order chi connectivity index (χ0) is 14.0. The molecule has 0 saturated carbocycles. The van der Waals surface area contributed by atoms with E-state index in [1.807, 2.05) is 0 Å². The van der Waals surface area contributed by atoms with Crippen molar-refractivity contribution in [1.29, 1.82) is 0 Å². The van der Waals surface area contributed by atoms with Crippen molar-refractivity contribution in [3.05, 3.63) is 62.3 Å². The average Bonchev–Trinajstić information content (AvgIpc) is 2.35. The maximum absolute atomic E-state index is 13.6. The van der Waals surface area contributed by atoms with Gasteiger partial charge in [0, 0.05) is 9.50 Å². The molecule has 0 bridgehead atoms. The van der Waals surface area contributed by atoms with E-state index in [4.69, 9.17) is 23.2 Å². The van der Waals surface area contributed by atoms with Crippen LogP contribution in [0.25, 0.3) is 0 Å². The third-order valence-corrected chi connectivity index (χ3v) is 3.39. The van der Waals surface area contributed by atoms with Crippen LogP contribution in [0.2, 0.25) is 10.0 Å². The summed E-state index contributed by atoms with van der Waals surface area (Å²) in [6, 6.07) is 8.76. The minimum Gasteiger partial charge on any atom is -0.321 e. The Morgan fingerprint density at radius 1 is 1.16 bits per heavy atom. The Kier molecular flexibility index (Phi) is 4.45. The highest BCUT2D eigenvalue weighted by Crippen LogP contribution is 2.26. The standard InChI is InChI=1S/C13H7BrCl2FNO/c14-7-1-3-11(17)9(5-7)13(19)18-12-4-2-8(15)6-10(12)16/h1-6H,(H,18,19). The summed E-state index contributed by atoms with van der Waals surface area (Å²) in [5.74, 6) is -1.19. The highest BCUT2D eigenvalue weighted by atomic mass is 79.9. The first-order valence-electron chi connectivity index (χ1n) is 5.19. The number of hydrogen-bond acceptors (Lipinski definition) is 1. The quantitative estimate of drug-likeness (QED) is 0.786. The van der Waals surface area contributed by atoms with Crippen LogP contribution in [0.4, 0.5) is 10.1 Å². The first-order valence-corrected chi connectivity index (χ1v) is 6.74. The van der Waals surface area contributed by atoms with Crippen LogP contribution in [0.5, 0.6) is 0 Å². The van der Waals surface area contributed by atoms with Crippen molar-refractivity contribution >= 4 is 50.7 Å². The fourth-order valence-electron chi connectivity index (χ4n) is 1.45. The molecule has 0 heterocycles. The Balaban J connectivity index is 2.28. The summed E-state index contributed by atoms with van der Waals surface area (Å²) < 4.78 is 14.2. The minimum absolute atomic E-state index is 0.0691. The summed E-state index contributed by atoms with van der Waals surface area (Å²) in [7, 11) is 0. The Labute approximate surface area is 127 Å². The lowest BCUT2D eigenvalue weighted by molar-refractivity contribution is 0.102. The zero-order valence-corrected chi connectivity index (χ0v) is 12.5. The molecule has 2 rings (SSSR count). The monoisotopic (exact) mass is 361 g/mol. The maximum Gasteiger partial charge on any atom is 0.258 e. The molecule has 0 aliphatic rings. The van der Waals surface area contributed by atoms with Crippen molar-refractivity contribution in [2.75, 3.05) is 5.32 Å². The maximum atomic E-state index is 13.6. The van der Waals surface area contributed by atoms with Gasteiger partial charge in [0.15, 0.2) is 0 Å². The van der Waals surface area contributed by atoms with Crippen molar-refractivity contribution in [1.82, 2.24) is 0 Å². The van der Waals surface area contributed by atoms with Crippen LogP contribution in [0.15, 0.2) is 40.9 Å². The van der Waals surface area contributed by atoms with Crippen molar-refractivity contribution in [2.45, 2.75) is 0 Å². The van der Waals surface area contributed by atoms with Crippen LogP contribution in [-0.4, -0.2) is 5.91 Å². The molecule has 2 aromatic carbocycles. The predicted octanol–water partition coefficient (Wildman–Crippen LogP) is 5.15. The summed E-state index contributed by atoms with van der Waals surface area (Å²) in [6.07, 6.45) is 0. The van der Waals surface area contributed by atoms with E-state index in [-0.39, 0.29) is 10.6 Å². The lowest BCUT2D eigenvalue weighted by Crippen LogP contribution is -2.14. The molecule has 0 spiro atoms. The van der Waals surface area contributed by atoms with Crippen LogP contribution >= 0.6 is 39.1 Å². The van der Waals surface area contributed by atoms with Crippen LogP contribution in [-0.2, 0) is 0 Å². The predicted molar refractivity (Wildman–Crippen MR) is 78.5 cm³/mol. The van der Waals surface area contributed by atoms with Gasteiger partial charge in [0.25, 0.3) is 5.91 Å². The largest absolute Gasteiger partial charge is 0.321 e. The normalized spacial score (nSPS) is 10.3. The molecule has 0 radical (unpaired) electrons. The van der Waals surface area contributed by atoms with E-state index in [2.05, 4.69) is 21.2 Å². The first-order chi connectivity index (χ1) is 8.97. The Morgan fingerprint density at radius 3 is 2.58 bits per heavy atom. The van der Waals surface area contributed by atoms with Gasteiger partial charge < -0.3 is 5.32 Å². The number of benzene rings is 2. The molecule has 19 heavy (non-hydrogen) atoms. The first kappa shape index (κ1) is 14.3. The number of hydrogen-bond donors (Lipinski definition) is 1. The SMILES string of the molecule is O=C(Nc1ccc(Cl)cc1Cl)c1cc(Br)ccc1F. The molecule has 0 aliphatic carbocycles. The van der Waals surface area contributed by atoms with Gasteiger partial charge in [0.1, 0.15) is 5.82 Å². The molecule has 0 aliphatic heterocycles. The highest BCUT2D eigenvalue weighted by molar-refractivity contribution is 9.10. The highest BCUT2D eigenvalue weighted by Gasteiger charge is 2.13. The third-order valence-electron chi connectivity index (χ3n) is 2.35. The van der Waals surface area contributed by atoms with Gasteiger partial charge in [-0.2, -0.15) is 0 Å². The van der Waals surface area contributed by atoms with Gasteiger partial charge in [0.2, 0.25) is 0 Å². The molecule has 98 valence electrons. The van der Waals surface area contributed by atoms with Gasteiger partial charge >= 0.3 is 0 Å². The fourth-order valence-corrected chi connectivity index (χ4v) is 2.27. The van der Waals surface area contributed by atoms with E-state index in [9.17, 15) is 9.18 Å². The number of halogens is 4. The number of nitrogens with one attached hydrogen (secondary N) is 1. The summed E-state index contributed by atoms with van der Waals surface area (Å²) >= 11 is 14.9. The second-order valence-electron chi connectivity index (χ2n) is 3.70. The second-order valence-corrected chi connectivity index (χ2v) is 5.46. The van der Waals surface area contributed by atoms with E-state index in [0.29, 0.717) is 15.2 Å². The molecule has 2 nitrogen and oxygen atoms in total. The number of carbonyl (C=O) groups excluding carboxylic acids is 1. The summed E-state index contributed by atoms with van der Waals surface area (Å²) in [6.45, 7) is 0. The van der Waals surface area contributed by atoms with E-state index in [0.717, 1.165) is 0 Å². The number of rotatable bonds is 2. The summed E-state index contributed by atoms with van der Waals surface area (Å²) in [5, 5.41) is 3.27. The van der Waals surface area contributed by atoms with Crippen LogP contribution in [0.3, 0.4) is 0 Å². The zero-order valence-electron chi connectivity index (χ0n) is 9.38. The van der Waals surface area contributed by atoms with Crippen LogP contribution in [0, 0.1) is 5.82 Å². The molecule has 1 N–H and O–H groups in total. The molecule has 0 fully saturated rings. The number of carbonyl (C=O) groups is 1. The van der Waals surface area contributed by atoms with Crippen molar-refractivity contribution in [2.24, 2.45) is 0 Å². The number of amides is 1. The van der Waals surface area contributed by atoms with Gasteiger partial charge in [0.05, 0.1) is 16.3 Å². The van der Waals surface area contributed by atoms with Crippen molar-refractivity contribution in [3.63, 3.8) is 0 Å². The van der Waals surface area contributed by atoms with Gasteiger partial charge in [-0.1, -0.05) is 39.1 Å². The number of anilines is 1. The van der Waals surface area contributed by atoms with Gasteiger partial charge in [-0.15, -0.1) is 0 Å². The summed E-state index contributed by atoms with van der Waals surface area (Å²) in [5.41, 5.74) is 0.302. The Hall–Kier alpha value is -1.10. The smallest absolute Gasteiger partial charge is 0.258 e. The fraction of sp³-hybridized carbons (Fsp3) is 0. The van der Waals surface area contributed by atoms with Crippen molar-refractivity contribution < 1.29 is 9.18 Å². The molecular formula is C13H7BrCl2FNO. The lowest BCUT2D eigenvalue weighted by atomic mass is 10.2. The summed E-state index contributed by atoms with van der Waals surface area (Å²) in [4.78, 5) is 12.0. The average molecular weight is 363 g/mol. The molecule has 2 aromatic rings. The van der Waals surface area contributed by atoms with Crippen LogP contribution < -0.4 is 5.32 Å². The topological polar surface area (TPSA) is 29.1 Å². The lowest BCUT2D eigenvalue weighted by Gasteiger charge is -2.08. The van der Waals surface area contributed by atoms with Gasteiger partial charge in [-0.05, 0) is 36.4 Å². The molecule has 1 amide bonds. The Bertz CT molecular complexity index is 649. The van der Waals surface area contributed by atoms with Crippen molar-refractivity contribution in [3.8, 4) is 0 Å². The van der Waals surface area contributed by atoms with E-state index in [1.165, 1.54) is 24.3 Å².